The van der Waals surface area contributed by atoms with Crippen LogP contribution < -0.4 is 0 Å². The maximum Gasteiger partial charge on any atom is 0.178 e. The first-order chi connectivity index (χ1) is 8.33. The van der Waals surface area contributed by atoms with Crippen LogP contribution in [-0.2, 0) is 6.54 Å². The maximum absolute atomic E-state index is 5.29. The molecule has 88 valence electrons. The quantitative estimate of drug-likeness (QED) is 0.611. The SMILES string of the molecule is S=C1SSC2=NCN(Cc3ccccc3)CN12. The van der Waals surface area contributed by atoms with Crippen LogP contribution in [0.1, 0.15) is 5.56 Å². The van der Waals surface area contributed by atoms with E-state index in [1.54, 1.807) is 21.6 Å². The van der Waals surface area contributed by atoms with Gasteiger partial charge in [0.2, 0.25) is 0 Å². The summed E-state index contributed by atoms with van der Waals surface area (Å²) in [5.74, 6) is 0. The maximum atomic E-state index is 5.29. The number of benzene rings is 1. The molecule has 1 aromatic rings. The Balaban J connectivity index is 1.70. The predicted molar refractivity (Wildman–Crippen MR) is 78.8 cm³/mol. The van der Waals surface area contributed by atoms with E-state index in [9.17, 15) is 0 Å². The number of rotatable bonds is 2. The largest absolute Gasteiger partial charge is 0.291 e. The topological polar surface area (TPSA) is 18.8 Å². The van der Waals surface area contributed by atoms with Gasteiger partial charge in [0.05, 0.1) is 13.3 Å². The van der Waals surface area contributed by atoms with Crippen LogP contribution in [0.15, 0.2) is 35.3 Å². The fourth-order valence-corrected chi connectivity index (χ4v) is 4.25. The molecule has 0 amide bonds. The molecule has 0 aromatic heterocycles. The van der Waals surface area contributed by atoms with E-state index in [2.05, 4.69) is 39.1 Å². The fraction of sp³-hybridized carbons (Fsp3) is 0.273. The summed E-state index contributed by atoms with van der Waals surface area (Å²) in [6, 6.07) is 10.5. The number of nitrogens with zero attached hydrogens (tertiary/aromatic N) is 3. The molecular weight excluding hydrogens is 270 g/mol. The van der Waals surface area contributed by atoms with E-state index in [0.717, 1.165) is 29.4 Å². The van der Waals surface area contributed by atoms with Gasteiger partial charge in [0.1, 0.15) is 0 Å². The van der Waals surface area contributed by atoms with Gasteiger partial charge >= 0.3 is 0 Å². The molecule has 0 atom stereocenters. The number of thiocarbonyl (C=S) groups is 1. The molecule has 0 radical (unpaired) electrons. The average molecular weight is 281 g/mol. The number of hydrogen-bond acceptors (Lipinski definition) is 5. The number of aliphatic imine (C=N–C) groups is 1. The smallest absolute Gasteiger partial charge is 0.178 e. The minimum Gasteiger partial charge on any atom is -0.291 e. The molecule has 2 aliphatic heterocycles. The van der Waals surface area contributed by atoms with Crippen LogP contribution in [0.2, 0.25) is 0 Å². The molecule has 2 aliphatic rings. The molecule has 17 heavy (non-hydrogen) atoms. The fourth-order valence-electron chi connectivity index (χ4n) is 1.82. The van der Waals surface area contributed by atoms with Crippen molar-refractivity contribution in [3.05, 3.63) is 35.9 Å². The molecule has 3 rings (SSSR count). The molecule has 1 fully saturated rings. The number of fused-ring (bicyclic) bond motifs is 1. The second-order valence-corrected chi connectivity index (χ2v) is 6.63. The van der Waals surface area contributed by atoms with Crippen molar-refractivity contribution in [1.82, 2.24) is 9.80 Å². The molecular formula is C11H11N3S3. The van der Waals surface area contributed by atoms with Crippen molar-refractivity contribution in [3.8, 4) is 0 Å². The van der Waals surface area contributed by atoms with Gasteiger partial charge in [-0.3, -0.25) is 9.80 Å². The highest BCUT2D eigenvalue weighted by Gasteiger charge is 2.30. The third kappa shape index (κ3) is 2.49. The summed E-state index contributed by atoms with van der Waals surface area (Å²) in [4.78, 5) is 8.94. The van der Waals surface area contributed by atoms with Gasteiger partial charge in [-0.25, -0.2) is 4.99 Å². The molecule has 0 spiro atoms. The van der Waals surface area contributed by atoms with E-state index in [4.69, 9.17) is 12.2 Å². The third-order valence-electron chi connectivity index (χ3n) is 2.64. The van der Waals surface area contributed by atoms with Crippen LogP contribution in [0, 0.1) is 0 Å². The van der Waals surface area contributed by atoms with Gasteiger partial charge in [0.25, 0.3) is 0 Å². The molecule has 0 saturated carbocycles. The van der Waals surface area contributed by atoms with Crippen molar-refractivity contribution in [2.75, 3.05) is 13.3 Å². The second kappa shape index (κ2) is 4.97. The van der Waals surface area contributed by atoms with Crippen molar-refractivity contribution in [2.24, 2.45) is 4.99 Å². The zero-order chi connectivity index (χ0) is 11.7. The Hall–Kier alpha value is -0.560. The predicted octanol–water partition coefficient (Wildman–Crippen LogP) is 2.76. The summed E-state index contributed by atoms with van der Waals surface area (Å²) < 4.78 is 0.923. The van der Waals surface area contributed by atoms with E-state index in [1.165, 1.54) is 5.56 Å². The Morgan fingerprint density at radius 1 is 1.24 bits per heavy atom. The van der Waals surface area contributed by atoms with Crippen molar-refractivity contribution < 1.29 is 0 Å². The Morgan fingerprint density at radius 3 is 2.88 bits per heavy atom. The van der Waals surface area contributed by atoms with E-state index in [1.807, 2.05) is 6.07 Å². The Kier molecular flexibility index (Phi) is 3.37. The van der Waals surface area contributed by atoms with Gasteiger partial charge in [-0.1, -0.05) is 42.5 Å². The zero-order valence-electron chi connectivity index (χ0n) is 9.07. The molecule has 6 heteroatoms. The number of amidine groups is 1. The van der Waals surface area contributed by atoms with E-state index in [0.29, 0.717) is 0 Å². The minimum atomic E-state index is 0.761. The third-order valence-corrected chi connectivity index (χ3v) is 5.54. The molecule has 0 aliphatic carbocycles. The van der Waals surface area contributed by atoms with Gasteiger partial charge in [-0.2, -0.15) is 0 Å². The summed E-state index contributed by atoms with van der Waals surface area (Å²) in [5, 5.41) is 1.06. The molecule has 2 heterocycles. The van der Waals surface area contributed by atoms with Crippen LogP contribution in [0.25, 0.3) is 0 Å². The van der Waals surface area contributed by atoms with Crippen molar-refractivity contribution in [3.63, 3.8) is 0 Å². The molecule has 1 saturated heterocycles. The summed E-state index contributed by atoms with van der Waals surface area (Å²) >= 11 is 5.29. The van der Waals surface area contributed by atoms with Crippen LogP contribution in [0.5, 0.6) is 0 Å². The minimum absolute atomic E-state index is 0.761. The second-order valence-electron chi connectivity index (χ2n) is 3.90. The van der Waals surface area contributed by atoms with Crippen LogP contribution in [0.4, 0.5) is 0 Å². The molecule has 3 nitrogen and oxygen atoms in total. The molecule has 0 unspecified atom stereocenters. The zero-order valence-corrected chi connectivity index (χ0v) is 11.5. The molecule has 0 N–H and O–H groups in total. The van der Waals surface area contributed by atoms with Gasteiger partial charge in [0, 0.05) is 6.54 Å². The van der Waals surface area contributed by atoms with Crippen LogP contribution in [0.3, 0.4) is 0 Å². The lowest BCUT2D eigenvalue weighted by Crippen LogP contribution is -2.43. The highest BCUT2D eigenvalue weighted by molar-refractivity contribution is 8.89. The Labute approximate surface area is 114 Å². The first kappa shape index (κ1) is 11.5. The Morgan fingerprint density at radius 2 is 2.06 bits per heavy atom. The van der Waals surface area contributed by atoms with E-state index >= 15 is 0 Å². The summed E-state index contributed by atoms with van der Waals surface area (Å²) in [7, 11) is 3.30. The van der Waals surface area contributed by atoms with Gasteiger partial charge in [0.15, 0.2) is 9.49 Å². The van der Waals surface area contributed by atoms with E-state index < -0.39 is 0 Å². The highest BCUT2D eigenvalue weighted by Crippen LogP contribution is 2.37. The standard InChI is InChI=1S/C11H11N3S3/c15-11-14-8-13(7-12-10(14)16-17-11)6-9-4-2-1-3-5-9/h1-5H,6-8H2. The highest BCUT2D eigenvalue weighted by atomic mass is 33.1. The molecule has 0 bridgehead atoms. The average Bonchev–Trinajstić information content (AvgIpc) is 2.73. The van der Waals surface area contributed by atoms with Gasteiger partial charge in [-0.05, 0) is 27.2 Å². The monoisotopic (exact) mass is 281 g/mol. The normalized spacial score (nSPS) is 20.4. The van der Waals surface area contributed by atoms with Crippen molar-refractivity contribution in [1.29, 1.82) is 0 Å². The summed E-state index contributed by atoms with van der Waals surface area (Å²) in [5.41, 5.74) is 1.32. The lowest BCUT2D eigenvalue weighted by atomic mass is 10.2. The Bertz CT molecular complexity index is 460. The summed E-state index contributed by atoms with van der Waals surface area (Å²) in [6.45, 7) is 2.54. The summed E-state index contributed by atoms with van der Waals surface area (Å²) in [6.07, 6.45) is 0. The lowest BCUT2D eigenvalue weighted by Gasteiger charge is -2.30. The van der Waals surface area contributed by atoms with Crippen LogP contribution in [-0.4, -0.2) is 32.6 Å². The van der Waals surface area contributed by atoms with Crippen molar-refractivity contribution in [2.45, 2.75) is 6.54 Å². The lowest BCUT2D eigenvalue weighted by molar-refractivity contribution is 0.212. The first-order valence-electron chi connectivity index (χ1n) is 5.30. The van der Waals surface area contributed by atoms with Crippen LogP contribution >= 0.6 is 33.8 Å². The van der Waals surface area contributed by atoms with Gasteiger partial charge < -0.3 is 0 Å². The number of hydrogen-bond donors (Lipinski definition) is 0. The van der Waals surface area contributed by atoms with Gasteiger partial charge in [-0.15, -0.1) is 0 Å². The molecule has 1 aromatic carbocycles. The van der Waals surface area contributed by atoms with Crippen molar-refractivity contribution >= 4 is 43.3 Å². The van der Waals surface area contributed by atoms with E-state index in [-0.39, 0.29) is 0 Å². The first-order valence-corrected chi connectivity index (χ1v) is 7.85.